The van der Waals surface area contributed by atoms with Crippen molar-refractivity contribution in [2.24, 2.45) is 0 Å². The summed E-state index contributed by atoms with van der Waals surface area (Å²) in [5.74, 6) is 1.92. The Hall–Kier alpha value is -2.76. The van der Waals surface area contributed by atoms with Gasteiger partial charge in [0.25, 0.3) is 0 Å². The minimum Gasteiger partial charge on any atom is -0.466 e. The van der Waals surface area contributed by atoms with E-state index in [0.717, 1.165) is 23.4 Å². The Morgan fingerprint density at radius 3 is 2.60 bits per heavy atom. The Labute approximate surface area is 115 Å². The predicted molar refractivity (Wildman–Crippen MR) is 71.7 cm³/mol. The first-order chi connectivity index (χ1) is 9.69. The van der Waals surface area contributed by atoms with Crippen molar-refractivity contribution in [2.75, 3.05) is 0 Å². The van der Waals surface area contributed by atoms with Crippen molar-refractivity contribution < 1.29 is 9.21 Å². The van der Waals surface area contributed by atoms with Crippen molar-refractivity contribution in [1.82, 2.24) is 19.7 Å². The lowest BCUT2D eigenvalue weighted by Crippen LogP contribution is -2.00. The molecule has 0 atom stereocenters. The summed E-state index contributed by atoms with van der Waals surface area (Å²) in [5.41, 5.74) is 1.85. The molecule has 0 N–H and O–H groups in total. The van der Waals surface area contributed by atoms with Crippen LogP contribution >= 0.6 is 0 Å². The van der Waals surface area contributed by atoms with Crippen molar-refractivity contribution in [3.8, 4) is 17.2 Å². The third-order valence-electron chi connectivity index (χ3n) is 2.92. The van der Waals surface area contributed by atoms with E-state index in [0.29, 0.717) is 17.2 Å². The summed E-state index contributed by atoms with van der Waals surface area (Å²) >= 11 is 0. The number of aryl methyl sites for hydroxylation is 2. The van der Waals surface area contributed by atoms with Gasteiger partial charge in [0.2, 0.25) is 5.95 Å². The van der Waals surface area contributed by atoms with Gasteiger partial charge < -0.3 is 4.42 Å². The molecule has 0 amide bonds. The monoisotopic (exact) mass is 268 g/mol. The molecule has 0 aliphatic heterocycles. The highest BCUT2D eigenvalue weighted by molar-refractivity contribution is 5.86. The Morgan fingerprint density at radius 1 is 1.25 bits per heavy atom. The highest BCUT2D eigenvalue weighted by Crippen LogP contribution is 2.27. The highest BCUT2D eigenvalue weighted by Gasteiger charge is 2.17. The zero-order valence-corrected chi connectivity index (χ0v) is 11.1. The Kier molecular flexibility index (Phi) is 2.90. The second-order valence-electron chi connectivity index (χ2n) is 4.37. The third kappa shape index (κ3) is 2.01. The van der Waals surface area contributed by atoms with Crippen molar-refractivity contribution >= 4 is 6.29 Å². The van der Waals surface area contributed by atoms with E-state index >= 15 is 0 Å². The van der Waals surface area contributed by atoms with Gasteiger partial charge in [0.1, 0.15) is 17.2 Å². The normalized spacial score (nSPS) is 10.7. The van der Waals surface area contributed by atoms with E-state index in [1.54, 1.807) is 24.7 Å². The topological polar surface area (TPSA) is 73.8 Å². The summed E-state index contributed by atoms with van der Waals surface area (Å²) in [6, 6.07) is 3.58. The van der Waals surface area contributed by atoms with Gasteiger partial charge in [-0.1, -0.05) is 0 Å². The van der Waals surface area contributed by atoms with Crippen LogP contribution in [0.4, 0.5) is 0 Å². The molecule has 3 aromatic heterocycles. The van der Waals surface area contributed by atoms with Crippen LogP contribution in [-0.2, 0) is 0 Å². The summed E-state index contributed by atoms with van der Waals surface area (Å²) in [6.45, 7) is 3.70. The molecule has 3 heterocycles. The van der Waals surface area contributed by atoms with Crippen LogP contribution < -0.4 is 0 Å². The Morgan fingerprint density at radius 2 is 2.00 bits per heavy atom. The maximum absolute atomic E-state index is 11.2. The lowest BCUT2D eigenvalue weighted by molar-refractivity contribution is 0.112. The summed E-state index contributed by atoms with van der Waals surface area (Å²) in [7, 11) is 0. The van der Waals surface area contributed by atoms with Crippen LogP contribution in [-0.4, -0.2) is 26.0 Å². The first-order valence-corrected chi connectivity index (χ1v) is 6.08. The predicted octanol–water partition coefficient (Wildman–Crippen LogP) is 2.35. The van der Waals surface area contributed by atoms with Crippen molar-refractivity contribution in [1.29, 1.82) is 0 Å². The van der Waals surface area contributed by atoms with Crippen LogP contribution in [0.25, 0.3) is 17.2 Å². The number of carbonyl (C=O) groups excluding carboxylic acids is 1. The molecular formula is C14H12N4O2. The maximum Gasteiger partial charge on any atom is 0.250 e. The number of furan rings is 1. The number of carbonyl (C=O) groups is 1. The molecule has 3 aromatic rings. The molecular weight excluding hydrogens is 256 g/mol. The summed E-state index contributed by atoms with van der Waals surface area (Å²) in [4.78, 5) is 19.5. The van der Waals surface area contributed by atoms with Crippen LogP contribution in [0.2, 0.25) is 0 Å². The van der Waals surface area contributed by atoms with E-state index in [-0.39, 0.29) is 0 Å². The molecule has 0 saturated carbocycles. The summed E-state index contributed by atoms with van der Waals surface area (Å²) in [5, 5.41) is 4.40. The fourth-order valence-corrected chi connectivity index (χ4v) is 2.06. The molecule has 0 saturated heterocycles. The van der Waals surface area contributed by atoms with E-state index in [2.05, 4.69) is 15.1 Å². The quantitative estimate of drug-likeness (QED) is 0.682. The fourth-order valence-electron chi connectivity index (χ4n) is 2.06. The number of hydrogen-bond acceptors (Lipinski definition) is 5. The average molecular weight is 268 g/mol. The minimum atomic E-state index is 0.416. The molecule has 0 bridgehead atoms. The summed E-state index contributed by atoms with van der Waals surface area (Å²) < 4.78 is 6.97. The fraction of sp³-hybridized carbons (Fsp3) is 0.143. The molecule has 0 fully saturated rings. The molecule has 3 rings (SSSR count). The molecule has 100 valence electrons. The smallest absolute Gasteiger partial charge is 0.250 e. The van der Waals surface area contributed by atoms with E-state index in [4.69, 9.17) is 4.42 Å². The van der Waals surface area contributed by atoms with Crippen LogP contribution in [0.15, 0.2) is 35.1 Å². The van der Waals surface area contributed by atoms with Gasteiger partial charge in [0.15, 0.2) is 6.29 Å². The van der Waals surface area contributed by atoms with Gasteiger partial charge in [-0.25, -0.2) is 14.6 Å². The minimum absolute atomic E-state index is 0.416. The van der Waals surface area contributed by atoms with E-state index in [1.165, 1.54) is 4.68 Å². The number of rotatable bonds is 3. The lowest BCUT2D eigenvalue weighted by Gasteiger charge is -1.97. The molecule has 0 radical (unpaired) electrons. The van der Waals surface area contributed by atoms with Crippen LogP contribution in [0.1, 0.15) is 21.9 Å². The zero-order valence-electron chi connectivity index (χ0n) is 11.1. The molecule has 6 heteroatoms. The number of aldehydes is 1. The van der Waals surface area contributed by atoms with E-state index in [1.807, 2.05) is 19.9 Å². The number of aromatic nitrogens is 4. The average Bonchev–Trinajstić information content (AvgIpc) is 3.02. The zero-order chi connectivity index (χ0) is 14.1. The SMILES string of the molecule is Cc1cc(-c2nn(-c3ncccn3)cc2C=O)c(C)o1. The first-order valence-electron chi connectivity index (χ1n) is 6.08. The van der Waals surface area contributed by atoms with Gasteiger partial charge in [-0.2, -0.15) is 5.10 Å². The lowest BCUT2D eigenvalue weighted by atomic mass is 10.1. The molecule has 20 heavy (non-hydrogen) atoms. The Balaban J connectivity index is 2.15. The molecule has 6 nitrogen and oxygen atoms in total. The van der Waals surface area contributed by atoms with Crippen LogP contribution in [0, 0.1) is 13.8 Å². The molecule has 0 aliphatic carbocycles. The molecule has 0 unspecified atom stereocenters. The maximum atomic E-state index is 11.2. The molecule has 0 aliphatic rings. The second-order valence-corrected chi connectivity index (χ2v) is 4.37. The van der Waals surface area contributed by atoms with E-state index < -0.39 is 0 Å². The van der Waals surface area contributed by atoms with Gasteiger partial charge in [-0.3, -0.25) is 4.79 Å². The summed E-state index contributed by atoms with van der Waals surface area (Å²) in [6.07, 6.45) is 5.62. The highest BCUT2D eigenvalue weighted by atomic mass is 16.3. The third-order valence-corrected chi connectivity index (χ3v) is 2.92. The van der Waals surface area contributed by atoms with Gasteiger partial charge in [0, 0.05) is 24.2 Å². The van der Waals surface area contributed by atoms with Crippen molar-refractivity contribution in [3.05, 3.63) is 47.8 Å². The Bertz CT molecular complexity index is 759. The second kappa shape index (κ2) is 4.73. The van der Waals surface area contributed by atoms with Gasteiger partial charge in [-0.15, -0.1) is 0 Å². The standard InChI is InChI=1S/C14H12N4O2/c1-9-6-12(10(2)20-9)13-11(8-19)7-18(17-13)14-15-4-3-5-16-14/h3-8H,1-2H3. The van der Waals surface area contributed by atoms with E-state index in [9.17, 15) is 4.79 Å². The van der Waals surface area contributed by atoms with Gasteiger partial charge >= 0.3 is 0 Å². The first kappa shape index (κ1) is 12.3. The van der Waals surface area contributed by atoms with Crippen LogP contribution in [0.3, 0.4) is 0 Å². The number of nitrogens with zero attached hydrogens (tertiary/aromatic N) is 4. The van der Waals surface area contributed by atoms with Crippen molar-refractivity contribution in [2.45, 2.75) is 13.8 Å². The largest absolute Gasteiger partial charge is 0.466 e. The van der Waals surface area contributed by atoms with Crippen molar-refractivity contribution in [3.63, 3.8) is 0 Å². The van der Waals surface area contributed by atoms with Gasteiger partial charge in [0.05, 0.1) is 5.56 Å². The van der Waals surface area contributed by atoms with Crippen LogP contribution in [0.5, 0.6) is 0 Å². The van der Waals surface area contributed by atoms with Gasteiger partial charge in [-0.05, 0) is 26.0 Å². The molecule has 0 spiro atoms. The molecule has 0 aromatic carbocycles. The number of hydrogen-bond donors (Lipinski definition) is 0.